The Morgan fingerprint density at radius 2 is 2.03 bits per heavy atom. The van der Waals surface area contributed by atoms with Crippen molar-refractivity contribution in [3.8, 4) is 27.9 Å². The van der Waals surface area contributed by atoms with E-state index in [1.54, 1.807) is 29.1 Å². The van der Waals surface area contributed by atoms with Crippen molar-refractivity contribution in [3.63, 3.8) is 0 Å². The fourth-order valence-electron chi connectivity index (χ4n) is 4.87. The third kappa shape index (κ3) is 4.44. The lowest BCUT2D eigenvalue weighted by Gasteiger charge is -2.15. The van der Waals surface area contributed by atoms with Gasteiger partial charge in [0.2, 0.25) is 5.69 Å². The molecule has 0 spiro atoms. The average molecular weight is 547 g/mol. The van der Waals surface area contributed by atoms with Crippen LogP contribution in [0, 0.1) is 11.0 Å². The Balaban J connectivity index is 1.32. The van der Waals surface area contributed by atoms with Crippen LogP contribution in [0.4, 0.5) is 14.9 Å². The Labute approximate surface area is 226 Å². The van der Waals surface area contributed by atoms with E-state index < -0.39 is 11.9 Å². The SMILES string of the molecule is COC(=O)Nc1ccc(-c2cnn(C3CCc4cc(-c5c(-n6cnnn6)ccc(Cl)c5F)c[n+]([O-])c43)c2)cc1. The lowest BCUT2D eigenvalue weighted by molar-refractivity contribution is -0.615. The number of hydrogen-bond donors (Lipinski definition) is 1. The number of carbonyl (C=O) groups is 1. The summed E-state index contributed by atoms with van der Waals surface area (Å²) in [7, 11) is 1.30. The Kier molecular flexibility index (Phi) is 6.15. The number of pyridine rings is 1. The van der Waals surface area contributed by atoms with E-state index in [4.69, 9.17) is 11.6 Å². The molecule has 39 heavy (non-hydrogen) atoms. The van der Waals surface area contributed by atoms with Crippen LogP contribution in [0.5, 0.6) is 0 Å². The first kappa shape index (κ1) is 24.5. The van der Waals surface area contributed by atoms with E-state index in [0.29, 0.717) is 35.5 Å². The van der Waals surface area contributed by atoms with E-state index in [2.05, 4.69) is 30.7 Å². The number of aromatic nitrogens is 7. The van der Waals surface area contributed by atoms with Gasteiger partial charge in [-0.05, 0) is 59.2 Å². The van der Waals surface area contributed by atoms with E-state index in [1.165, 1.54) is 30.4 Å². The number of anilines is 1. The number of tetrazole rings is 1. The summed E-state index contributed by atoms with van der Waals surface area (Å²) in [6, 6.07) is 11.8. The number of fused-ring (bicyclic) bond motifs is 1. The molecule has 0 saturated heterocycles. The number of nitrogens with one attached hydrogen (secondary N) is 1. The molecule has 1 aliphatic rings. The van der Waals surface area contributed by atoms with Gasteiger partial charge < -0.3 is 9.94 Å². The van der Waals surface area contributed by atoms with E-state index >= 15 is 4.39 Å². The van der Waals surface area contributed by atoms with Gasteiger partial charge in [-0.25, -0.2) is 9.18 Å². The Hall–Kier alpha value is -4.84. The zero-order chi connectivity index (χ0) is 27.1. The van der Waals surface area contributed by atoms with Crippen LogP contribution >= 0.6 is 11.6 Å². The number of rotatable bonds is 5. The van der Waals surface area contributed by atoms with Gasteiger partial charge in [0.25, 0.3) is 0 Å². The second-order valence-electron chi connectivity index (χ2n) is 8.93. The predicted molar refractivity (Wildman–Crippen MR) is 139 cm³/mol. The molecule has 1 unspecified atom stereocenters. The lowest BCUT2D eigenvalue weighted by atomic mass is 10.0. The summed E-state index contributed by atoms with van der Waals surface area (Å²) in [5.74, 6) is -0.663. The molecule has 5 aromatic rings. The highest BCUT2D eigenvalue weighted by Crippen LogP contribution is 2.38. The third-order valence-corrected chi connectivity index (χ3v) is 6.98. The Morgan fingerprint density at radius 3 is 2.77 bits per heavy atom. The highest BCUT2D eigenvalue weighted by molar-refractivity contribution is 6.31. The molecule has 11 nitrogen and oxygen atoms in total. The highest BCUT2D eigenvalue weighted by atomic mass is 35.5. The fourth-order valence-corrected chi connectivity index (χ4v) is 5.03. The Bertz CT molecular complexity index is 1690. The van der Waals surface area contributed by atoms with Gasteiger partial charge >= 0.3 is 6.09 Å². The number of ether oxygens (including phenoxy) is 1. The maximum atomic E-state index is 15.3. The van der Waals surface area contributed by atoms with Gasteiger partial charge in [-0.15, -0.1) is 5.10 Å². The molecule has 0 saturated carbocycles. The molecular formula is C26H20ClFN8O3. The molecule has 3 aromatic heterocycles. The molecule has 6 rings (SSSR count). The molecule has 3 heterocycles. The number of methoxy groups -OCH3 is 1. The van der Waals surface area contributed by atoms with Gasteiger partial charge in [-0.2, -0.15) is 14.5 Å². The fraction of sp³-hybridized carbons (Fsp3) is 0.154. The van der Waals surface area contributed by atoms with Gasteiger partial charge in [0, 0.05) is 23.0 Å². The summed E-state index contributed by atoms with van der Waals surface area (Å²) in [4.78, 5) is 11.4. The number of halogens is 2. The first-order valence-corrected chi connectivity index (χ1v) is 12.3. The van der Waals surface area contributed by atoms with Crippen LogP contribution in [0.3, 0.4) is 0 Å². The minimum absolute atomic E-state index is 0.0733. The summed E-state index contributed by atoms with van der Waals surface area (Å²) in [5.41, 5.74) is 4.57. The normalized spacial score (nSPS) is 14.3. The van der Waals surface area contributed by atoms with Crippen LogP contribution in [-0.2, 0) is 11.2 Å². The molecule has 0 fully saturated rings. The van der Waals surface area contributed by atoms with Gasteiger partial charge in [0.1, 0.15) is 12.4 Å². The van der Waals surface area contributed by atoms with Gasteiger partial charge in [-0.3, -0.25) is 10.00 Å². The van der Waals surface area contributed by atoms with E-state index in [1.807, 2.05) is 24.4 Å². The molecule has 1 amide bonds. The second-order valence-corrected chi connectivity index (χ2v) is 9.34. The smallest absolute Gasteiger partial charge is 0.411 e. The van der Waals surface area contributed by atoms with Gasteiger partial charge in [0.15, 0.2) is 12.0 Å². The second kappa shape index (κ2) is 9.80. The van der Waals surface area contributed by atoms with Gasteiger partial charge in [0.05, 0.1) is 35.1 Å². The average Bonchev–Trinajstić information content (AvgIpc) is 3.71. The molecule has 1 aliphatic carbocycles. The molecule has 13 heteroatoms. The van der Waals surface area contributed by atoms with Crippen molar-refractivity contribution >= 4 is 23.4 Å². The molecule has 0 radical (unpaired) electrons. The van der Waals surface area contributed by atoms with Crippen molar-refractivity contribution in [2.45, 2.75) is 18.9 Å². The monoisotopic (exact) mass is 546 g/mol. The summed E-state index contributed by atoms with van der Waals surface area (Å²) in [5, 5.41) is 31.5. The van der Waals surface area contributed by atoms with Crippen molar-refractivity contribution in [1.82, 2.24) is 30.0 Å². The van der Waals surface area contributed by atoms with Crippen LogP contribution in [-0.4, -0.2) is 43.2 Å². The van der Waals surface area contributed by atoms with E-state index in [0.717, 1.165) is 21.4 Å². The zero-order valence-corrected chi connectivity index (χ0v) is 21.2. The Morgan fingerprint density at radius 1 is 1.21 bits per heavy atom. The van der Waals surface area contributed by atoms with Crippen LogP contribution in [0.25, 0.3) is 27.9 Å². The topological polar surface area (TPSA) is 127 Å². The van der Waals surface area contributed by atoms with Crippen molar-refractivity contribution < 1.29 is 18.7 Å². The van der Waals surface area contributed by atoms with Crippen molar-refractivity contribution in [3.05, 3.63) is 94.7 Å². The maximum Gasteiger partial charge on any atom is 0.411 e. The molecule has 1 N–H and O–H groups in total. The molecule has 196 valence electrons. The number of carbonyl (C=O) groups excluding carboxylic acids is 1. The summed E-state index contributed by atoms with van der Waals surface area (Å²) < 4.78 is 23.7. The summed E-state index contributed by atoms with van der Waals surface area (Å²) in [6.45, 7) is 0. The van der Waals surface area contributed by atoms with Crippen LogP contribution in [0.15, 0.2) is 67.4 Å². The van der Waals surface area contributed by atoms with Crippen molar-refractivity contribution in [1.29, 1.82) is 0 Å². The zero-order valence-electron chi connectivity index (χ0n) is 20.5. The molecule has 0 aliphatic heterocycles. The standard InChI is InChI=1S/C26H20ClFN8O3/c1-39-26(37)31-19-5-2-15(3-6-19)18-11-30-34(12-18)22-8-4-16-10-17(13-36(38)25(16)22)23-21(35-14-29-32-33-35)9-7-20(27)24(23)28/h2-3,5-7,9-14,22H,4,8H2,1H3,(H,31,37). The number of hydrogen-bond acceptors (Lipinski definition) is 7. The largest absolute Gasteiger partial charge is 0.618 e. The quantitative estimate of drug-likeness (QED) is 0.257. The summed E-state index contributed by atoms with van der Waals surface area (Å²) >= 11 is 6.09. The number of aryl methyl sites for hydroxylation is 1. The summed E-state index contributed by atoms with van der Waals surface area (Å²) in [6.07, 6.45) is 7.02. The van der Waals surface area contributed by atoms with Crippen molar-refractivity contribution in [2.24, 2.45) is 0 Å². The minimum atomic E-state index is -0.663. The third-order valence-electron chi connectivity index (χ3n) is 6.68. The maximum absolute atomic E-state index is 15.3. The van der Waals surface area contributed by atoms with Crippen LogP contribution in [0.1, 0.15) is 23.7 Å². The number of nitrogens with zero attached hydrogens (tertiary/aromatic N) is 7. The van der Waals surface area contributed by atoms with E-state index in [9.17, 15) is 10.0 Å². The predicted octanol–water partition coefficient (Wildman–Crippen LogP) is 4.33. The minimum Gasteiger partial charge on any atom is -0.618 e. The van der Waals surface area contributed by atoms with Gasteiger partial charge in [-0.1, -0.05) is 23.7 Å². The first-order valence-electron chi connectivity index (χ1n) is 11.9. The number of benzene rings is 2. The highest BCUT2D eigenvalue weighted by Gasteiger charge is 2.34. The molecule has 2 aromatic carbocycles. The number of amides is 1. The first-order chi connectivity index (χ1) is 18.9. The lowest BCUT2D eigenvalue weighted by Crippen LogP contribution is -2.34. The molecule has 1 atom stereocenters. The van der Waals surface area contributed by atoms with Crippen molar-refractivity contribution in [2.75, 3.05) is 12.4 Å². The van der Waals surface area contributed by atoms with Crippen LogP contribution in [0.2, 0.25) is 5.02 Å². The molecule has 0 bridgehead atoms. The molecular weight excluding hydrogens is 527 g/mol. The van der Waals surface area contributed by atoms with Crippen LogP contribution < -0.4 is 10.0 Å². The van der Waals surface area contributed by atoms with E-state index in [-0.39, 0.29) is 16.6 Å².